The predicted molar refractivity (Wildman–Crippen MR) is 68.1 cm³/mol. The molecule has 1 heterocycles. The fourth-order valence-corrected chi connectivity index (χ4v) is 2.21. The summed E-state index contributed by atoms with van der Waals surface area (Å²) >= 11 is 0. The molecule has 1 unspecified atom stereocenters. The van der Waals surface area contributed by atoms with Gasteiger partial charge in [-0.3, -0.25) is 14.5 Å². The summed E-state index contributed by atoms with van der Waals surface area (Å²) in [5, 5.41) is 5.85. The first kappa shape index (κ1) is 14.9. The van der Waals surface area contributed by atoms with E-state index in [9.17, 15) is 9.59 Å². The third-order valence-corrected chi connectivity index (χ3v) is 3.24. The molecule has 0 aromatic heterocycles. The Hall–Kier alpha value is -1.14. The molecule has 18 heavy (non-hydrogen) atoms. The summed E-state index contributed by atoms with van der Waals surface area (Å²) in [7, 11) is 3.01. The van der Waals surface area contributed by atoms with Gasteiger partial charge in [-0.2, -0.15) is 0 Å². The number of hydrogen-bond acceptors (Lipinski definition) is 5. The largest absolute Gasteiger partial charge is 0.469 e. The minimum Gasteiger partial charge on any atom is -0.469 e. The molecular formula is C12H23N3O3. The highest BCUT2D eigenvalue weighted by Gasteiger charge is 2.36. The fourth-order valence-electron chi connectivity index (χ4n) is 2.21. The summed E-state index contributed by atoms with van der Waals surface area (Å²) in [5.74, 6) is -0.278. The number of amides is 1. The zero-order chi connectivity index (χ0) is 13.8. The zero-order valence-electron chi connectivity index (χ0n) is 11.6. The van der Waals surface area contributed by atoms with E-state index in [0.717, 1.165) is 13.1 Å². The van der Waals surface area contributed by atoms with Gasteiger partial charge in [0, 0.05) is 33.2 Å². The van der Waals surface area contributed by atoms with Crippen molar-refractivity contribution >= 4 is 11.9 Å². The molecule has 1 amide bonds. The Morgan fingerprint density at radius 2 is 2.17 bits per heavy atom. The molecule has 104 valence electrons. The topological polar surface area (TPSA) is 70.7 Å². The molecule has 6 nitrogen and oxygen atoms in total. The first-order chi connectivity index (χ1) is 8.42. The van der Waals surface area contributed by atoms with Crippen LogP contribution in [0.1, 0.15) is 13.8 Å². The molecule has 1 fully saturated rings. The monoisotopic (exact) mass is 257 g/mol. The summed E-state index contributed by atoms with van der Waals surface area (Å²) in [6.07, 6.45) is 0. The van der Waals surface area contributed by atoms with Crippen LogP contribution in [0.5, 0.6) is 0 Å². The summed E-state index contributed by atoms with van der Waals surface area (Å²) in [6.45, 7) is 6.36. The van der Waals surface area contributed by atoms with Crippen molar-refractivity contribution in [2.24, 2.45) is 5.41 Å². The average molecular weight is 257 g/mol. The van der Waals surface area contributed by atoms with Gasteiger partial charge in [0.2, 0.25) is 5.91 Å². The van der Waals surface area contributed by atoms with Crippen LogP contribution in [0.25, 0.3) is 0 Å². The number of hydrogen-bond donors (Lipinski definition) is 2. The lowest BCUT2D eigenvalue weighted by Gasteiger charge is -2.38. The molecule has 1 aliphatic heterocycles. The lowest BCUT2D eigenvalue weighted by molar-refractivity contribution is -0.153. The maximum Gasteiger partial charge on any atom is 0.312 e. The third kappa shape index (κ3) is 3.43. The molecule has 2 N–H and O–H groups in total. The smallest absolute Gasteiger partial charge is 0.312 e. The van der Waals surface area contributed by atoms with Crippen LogP contribution >= 0.6 is 0 Å². The van der Waals surface area contributed by atoms with E-state index in [2.05, 4.69) is 10.6 Å². The van der Waals surface area contributed by atoms with Gasteiger partial charge in [0.05, 0.1) is 12.5 Å². The molecule has 1 atom stereocenters. The SMILES string of the molecule is CNC(=O)C1CNCCN1CC(C)(C)C(=O)OC. The molecule has 1 rings (SSSR count). The molecule has 0 bridgehead atoms. The second-order valence-corrected chi connectivity index (χ2v) is 5.18. The number of rotatable bonds is 4. The minimum atomic E-state index is -0.613. The van der Waals surface area contributed by atoms with Gasteiger partial charge in [0.1, 0.15) is 6.04 Å². The van der Waals surface area contributed by atoms with Crippen LogP contribution in [0.15, 0.2) is 0 Å². The zero-order valence-corrected chi connectivity index (χ0v) is 11.6. The number of carbonyl (C=O) groups is 2. The number of carbonyl (C=O) groups excluding carboxylic acids is 2. The molecule has 0 aromatic carbocycles. The number of nitrogens with zero attached hydrogens (tertiary/aromatic N) is 1. The normalized spacial score (nSPS) is 21.4. The molecule has 1 saturated heterocycles. The van der Waals surface area contributed by atoms with Crippen LogP contribution in [0, 0.1) is 5.41 Å². The maximum atomic E-state index is 11.8. The van der Waals surface area contributed by atoms with Crippen LogP contribution in [0.4, 0.5) is 0 Å². The van der Waals surface area contributed by atoms with Crippen LogP contribution in [-0.4, -0.2) is 63.2 Å². The van der Waals surface area contributed by atoms with Crippen molar-refractivity contribution in [1.82, 2.24) is 15.5 Å². The van der Waals surface area contributed by atoms with Crippen molar-refractivity contribution in [3.8, 4) is 0 Å². The average Bonchev–Trinajstić information content (AvgIpc) is 2.37. The van der Waals surface area contributed by atoms with Crippen molar-refractivity contribution < 1.29 is 14.3 Å². The highest BCUT2D eigenvalue weighted by Crippen LogP contribution is 2.21. The quantitative estimate of drug-likeness (QED) is 0.646. The first-order valence-corrected chi connectivity index (χ1v) is 6.17. The highest BCUT2D eigenvalue weighted by molar-refractivity contribution is 5.82. The van der Waals surface area contributed by atoms with Gasteiger partial charge in [-0.1, -0.05) is 0 Å². The Morgan fingerprint density at radius 3 is 2.72 bits per heavy atom. The molecule has 0 spiro atoms. The number of nitrogens with one attached hydrogen (secondary N) is 2. The van der Waals surface area contributed by atoms with Crippen molar-refractivity contribution in [3.63, 3.8) is 0 Å². The van der Waals surface area contributed by atoms with Crippen molar-refractivity contribution in [1.29, 1.82) is 0 Å². The molecule has 0 aromatic rings. The fraction of sp³-hybridized carbons (Fsp3) is 0.833. The van der Waals surface area contributed by atoms with E-state index in [1.807, 2.05) is 18.7 Å². The number of methoxy groups -OCH3 is 1. The Labute approximate surface area is 108 Å². The summed E-state index contributed by atoms with van der Waals surface area (Å²) in [4.78, 5) is 25.5. The van der Waals surface area contributed by atoms with E-state index in [1.165, 1.54) is 7.11 Å². The predicted octanol–water partition coefficient (Wildman–Crippen LogP) is -0.795. The molecule has 1 aliphatic rings. The minimum absolute atomic E-state index is 0.0251. The molecule has 0 aliphatic carbocycles. The van der Waals surface area contributed by atoms with Crippen LogP contribution in [0.3, 0.4) is 0 Å². The first-order valence-electron chi connectivity index (χ1n) is 6.17. The third-order valence-electron chi connectivity index (χ3n) is 3.24. The van der Waals surface area contributed by atoms with E-state index in [0.29, 0.717) is 13.1 Å². The second kappa shape index (κ2) is 6.15. The Bertz CT molecular complexity index is 318. The summed E-state index contributed by atoms with van der Waals surface area (Å²) in [6, 6.07) is -0.229. The number of esters is 1. The molecule has 0 saturated carbocycles. The Kier molecular flexibility index (Phi) is 5.10. The van der Waals surface area contributed by atoms with Gasteiger partial charge in [-0.05, 0) is 13.8 Å². The second-order valence-electron chi connectivity index (χ2n) is 5.18. The van der Waals surface area contributed by atoms with Gasteiger partial charge in [-0.15, -0.1) is 0 Å². The molecule has 6 heteroatoms. The van der Waals surface area contributed by atoms with Crippen LogP contribution < -0.4 is 10.6 Å². The van der Waals surface area contributed by atoms with E-state index in [-0.39, 0.29) is 17.9 Å². The van der Waals surface area contributed by atoms with E-state index in [4.69, 9.17) is 4.74 Å². The molecular weight excluding hydrogens is 234 g/mol. The van der Waals surface area contributed by atoms with Crippen molar-refractivity contribution in [2.45, 2.75) is 19.9 Å². The van der Waals surface area contributed by atoms with E-state index < -0.39 is 5.41 Å². The van der Waals surface area contributed by atoms with E-state index >= 15 is 0 Å². The Balaban J connectivity index is 2.73. The number of likely N-dealkylation sites (N-methyl/N-ethyl adjacent to an activating group) is 1. The van der Waals surface area contributed by atoms with Crippen LogP contribution in [-0.2, 0) is 14.3 Å². The number of piperazine rings is 1. The van der Waals surface area contributed by atoms with Crippen molar-refractivity contribution in [2.75, 3.05) is 40.3 Å². The molecule has 0 radical (unpaired) electrons. The van der Waals surface area contributed by atoms with Gasteiger partial charge in [0.15, 0.2) is 0 Å². The lowest BCUT2D eigenvalue weighted by atomic mass is 9.91. The highest BCUT2D eigenvalue weighted by atomic mass is 16.5. The summed E-state index contributed by atoms with van der Waals surface area (Å²) in [5.41, 5.74) is -0.613. The van der Waals surface area contributed by atoms with Gasteiger partial charge >= 0.3 is 5.97 Å². The van der Waals surface area contributed by atoms with Gasteiger partial charge < -0.3 is 15.4 Å². The van der Waals surface area contributed by atoms with Crippen molar-refractivity contribution in [3.05, 3.63) is 0 Å². The van der Waals surface area contributed by atoms with Gasteiger partial charge in [-0.25, -0.2) is 0 Å². The Morgan fingerprint density at radius 1 is 1.50 bits per heavy atom. The standard InChI is InChI=1S/C12H23N3O3/c1-12(2,11(17)18-4)8-15-6-5-14-7-9(15)10(16)13-3/h9,14H,5-8H2,1-4H3,(H,13,16). The van der Waals surface area contributed by atoms with Crippen LogP contribution in [0.2, 0.25) is 0 Å². The summed E-state index contributed by atoms with van der Waals surface area (Å²) < 4.78 is 4.80. The maximum absolute atomic E-state index is 11.8. The number of ether oxygens (including phenoxy) is 1. The lowest BCUT2D eigenvalue weighted by Crippen LogP contribution is -2.59. The van der Waals surface area contributed by atoms with Gasteiger partial charge in [0.25, 0.3) is 0 Å². The van der Waals surface area contributed by atoms with E-state index in [1.54, 1.807) is 7.05 Å².